The highest BCUT2D eigenvalue weighted by Gasteiger charge is 2.35. The highest BCUT2D eigenvalue weighted by atomic mass is 16.5. The van der Waals surface area contributed by atoms with E-state index in [1.54, 1.807) is 6.92 Å². The minimum Gasteiger partial charge on any atom is -0.465 e. The number of amides is 1. The lowest BCUT2D eigenvalue weighted by atomic mass is 9.95. The number of ether oxygens (including phenoxy) is 1. The molecule has 1 atom stereocenters. The maximum Gasteiger partial charge on any atom is 0.316 e. The number of nitrogens with zero attached hydrogens (tertiary/aromatic N) is 1. The average molecular weight is 303 g/mol. The molecule has 118 valence electrons. The van der Waals surface area contributed by atoms with Gasteiger partial charge in [0.25, 0.3) is 0 Å². The first-order valence-electron chi connectivity index (χ1n) is 7.54. The van der Waals surface area contributed by atoms with E-state index in [0.29, 0.717) is 13.0 Å². The molecule has 1 amide bonds. The van der Waals surface area contributed by atoms with Crippen LogP contribution >= 0.6 is 0 Å². The quantitative estimate of drug-likeness (QED) is 0.625. The van der Waals surface area contributed by atoms with Crippen molar-refractivity contribution < 1.29 is 19.1 Å². The summed E-state index contributed by atoms with van der Waals surface area (Å²) >= 11 is 0. The Bertz CT molecular complexity index is 582. The van der Waals surface area contributed by atoms with E-state index in [9.17, 15) is 14.4 Å². The molecule has 0 radical (unpaired) electrons. The molecule has 0 aromatic heterocycles. The molecular weight excluding hydrogens is 282 g/mol. The van der Waals surface area contributed by atoms with Crippen LogP contribution in [-0.2, 0) is 25.5 Å². The molecule has 1 heterocycles. The summed E-state index contributed by atoms with van der Waals surface area (Å²) in [6.07, 6.45) is 0.626. The van der Waals surface area contributed by atoms with Crippen LogP contribution in [0.1, 0.15) is 24.5 Å². The molecular formula is C17H21NO4. The zero-order valence-corrected chi connectivity index (χ0v) is 13.0. The Labute approximate surface area is 130 Å². The van der Waals surface area contributed by atoms with Crippen molar-refractivity contribution in [3.63, 3.8) is 0 Å². The van der Waals surface area contributed by atoms with Crippen LogP contribution in [0.25, 0.3) is 0 Å². The molecule has 0 spiro atoms. The molecule has 0 saturated carbocycles. The Morgan fingerprint density at radius 2 is 2.05 bits per heavy atom. The lowest BCUT2D eigenvalue weighted by Crippen LogP contribution is -2.47. The normalized spacial score (nSPS) is 18.2. The molecule has 1 aromatic rings. The van der Waals surface area contributed by atoms with E-state index in [-0.39, 0.29) is 31.3 Å². The van der Waals surface area contributed by atoms with Gasteiger partial charge < -0.3 is 9.64 Å². The van der Waals surface area contributed by atoms with E-state index in [1.807, 2.05) is 31.2 Å². The Morgan fingerprint density at radius 3 is 2.68 bits per heavy atom. The smallest absolute Gasteiger partial charge is 0.316 e. The van der Waals surface area contributed by atoms with E-state index in [0.717, 1.165) is 11.1 Å². The minimum absolute atomic E-state index is 0.00576. The number of esters is 1. The van der Waals surface area contributed by atoms with Crippen molar-refractivity contribution in [2.45, 2.75) is 26.7 Å². The monoisotopic (exact) mass is 303 g/mol. The third kappa shape index (κ3) is 3.72. The third-order valence-electron chi connectivity index (χ3n) is 3.95. The average Bonchev–Trinajstić information content (AvgIpc) is 2.49. The summed E-state index contributed by atoms with van der Waals surface area (Å²) in [5, 5.41) is 0. The van der Waals surface area contributed by atoms with Gasteiger partial charge in [0.15, 0.2) is 5.78 Å². The number of hydrogen-bond acceptors (Lipinski definition) is 4. The van der Waals surface area contributed by atoms with Crippen molar-refractivity contribution in [2.75, 3.05) is 19.7 Å². The SMILES string of the molecule is CCOC(=O)C1CCN(C(=O)Cc2ccccc2C)CC1=O. The number of aryl methyl sites for hydroxylation is 1. The number of likely N-dealkylation sites (tertiary alicyclic amines) is 1. The van der Waals surface area contributed by atoms with Gasteiger partial charge in [0.05, 0.1) is 19.6 Å². The summed E-state index contributed by atoms with van der Waals surface area (Å²) < 4.78 is 4.90. The summed E-state index contributed by atoms with van der Waals surface area (Å²) in [7, 11) is 0. The Kier molecular flexibility index (Phi) is 5.31. The van der Waals surface area contributed by atoms with E-state index in [2.05, 4.69) is 0 Å². The number of hydrogen-bond donors (Lipinski definition) is 0. The predicted octanol–water partition coefficient (Wildman–Crippen LogP) is 1.52. The van der Waals surface area contributed by atoms with Crippen molar-refractivity contribution in [1.29, 1.82) is 0 Å². The highest BCUT2D eigenvalue weighted by Crippen LogP contribution is 2.17. The number of ketones is 1. The first-order chi connectivity index (χ1) is 10.5. The van der Waals surface area contributed by atoms with Gasteiger partial charge in [-0.05, 0) is 31.4 Å². The van der Waals surface area contributed by atoms with E-state index >= 15 is 0 Å². The number of benzene rings is 1. The summed E-state index contributed by atoms with van der Waals surface area (Å²) in [6, 6.07) is 7.70. The molecule has 2 rings (SSSR count). The van der Waals surface area contributed by atoms with Crippen LogP contribution in [0.2, 0.25) is 0 Å². The van der Waals surface area contributed by atoms with Crippen molar-refractivity contribution in [1.82, 2.24) is 4.90 Å². The van der Waals surface area contributed by atoms with Crippen LogP contribution in [0.15, 0.2) is 24.3 Å². The van der Waals surface area contributed by atoms with Crippen LogP contribution < -0.4 is 0 Å². The van der Waals surface area contributed by atoms with Crippen molar-refractivity contribution in [3.8, 4) is 0 Å². The van der Waals surface area contributed by atoms with Gasteiger partial charge in [-0.15, -0.1) is 0 Å². The topological polar surface area (TPSA) is 63.7 Å². The fourth-order valence-electron chi connectivity index (χ4n) is 2.61. The second-order valence-corrected chi connectivity index (χ2v) is 5.48. The molecule has 1 unspecified atom stereocenters. The zero-order chi connectivity index (χ0) is 16.1. The van der Waals surface area contributed by atoms with Gasteiger partial charge in [-0.25, -0.2) is 0 Å². The third-order valence-corrected chi connectivity index (χ3v) is 3.95. The molecule has 22 heavy (non-hydrogen) atoms. The fraction of sp³-hybridized carbons (Fsp3) is 0.471. The van der Waals surface area contributed by atoms with Crippen LogP contribution in [0, 0.1) is 12.8 Å². The fourth-order valence-corrected chi connectivity index (χ4v) is 2.61. The molecule has 5 nitrogen and oxygen atoms in total. The number of Topliss-reactive ketones (excluding diaryl/α,β-unsaturated/α-hetero) is 1. The Morgan fingerprint density at radius 1 is 1.32 bits per heavy atom. The summed E-state index contributed by atoms with van der Waals surface area (Å²) in [4.78, 5) is 37.6. The number of rotatable bonds is 4. The molecule has 0 aliphatic carbocycles. The van der Waals surface area contributed by atoms with Gasteiger partial charge in [-0.1, -0.05) is 24.3 Å². The standard InChI is InChI=1S/C17H21NO4/c1-3-22-17(21)14-8-9-18(11-15(14)19)16(20)10-13-7-5-4-6-12(13)2/h4-7,14H,3,8-11H2,1-2H3. The maximum atomic E-state index is 12.3. The largest absolute Gasteiger partial charge is 0.465 e. The lowest BCUT2D eigenvalue weighted by molar-refractivity contribution is -0.155. The Balaban J connectivity index is 1.95. The molecule has 5 heteroatoms. The first kappa shape index (κ1) is 16.2. The summed E-state index contributed by atoms with van der Waals surface area (Å²) in [5.41, 5.74) is 2.02. The second-order valence-electron chi connectivity index (χ2n) is 5.48. The highest BCUT2D eigenvalue weighted by molar-refractivity contribution is 6.02. The number of carbonyl (C=O) groups is 3. The molecule has 1 aromatic carbocycles. The van der Waals surface area contributed by atoms with Gasteiger partial charge in [0.1, 0.15) is 5.92 Å². The van der Waals surface area contributed by atoms with Gasteiger partial charge in [-0.2, -0.15) is 0 Å². The van der Waals surface area contributed by atoms with Gasteiger partial charge >= 0.3 is 5.97 Å². The summed E-state index contributed by atoms with van der Waals surface area (Å²) in [6.45, 7) is 4.34. The van der Waals surface area contributed by atoms with Gasteiger partial charge in [0.2, 0.25) is 5.91 Å². The molecule has 0 bridgehead atoms. The van der Waals surface area contributed by atoms with E-state index in [1.165, 1.54) is 4.90 Å². The number of piperidine rings is 1. The van der Waals surface area contributed by atoms with Gasteiger partial charge in [-0.3, -0.25) is 14.4 Å². The first-order valence-corrected chi connectivity index (χ1v) is 7.54. The summed E-state index contributed by atoms with van der Waals surface area (Å²) in [5.74, 6) is -1.51. The molecule has 1 aliphatic rings. The molecule has 0 N–H and O–H groups in total. The van der Waals surface area contributed by atoms with Crippen molar-refractivity contribution in [2.24, 2.45) is 5.92 Å². The second kappa shape index (κ2) is 7.20. The van der Waals surface area contributed by atoms with E-state index < -0.39 is 11.9 Å². The lowest BCUT2D eigenvalue weighted by Gasteiger charge is -2.30. The Hall–Kier alpha value is -2.17. The minimum atomic E-state index is -0.720. The number of carbonyl (C=O) groups excluding carboxylic acids is 3. The van der Waals surface area contributed by atoms with Crippen LogP contribution in [0.3, 0.4) is 0 Å². The van der Waals surface area contributed by atoms with Gasteiger partial charge in [0, 0.05) is 6.54 Å². The zero-order valence-electron chi connectivity index (χ0n) is 13.0. The predicted molar refractivity (Wildman–Crippen MR) is 81.2 cm³/mol. The van der Waals surface area contributed by atoms with E-state index in [4.69, 9.17) is 4.74 Å². The van der Waals surface area contributed by atoms with Crippen LogP contribution in [-0.4, -0.2) is 42.3 Å². The molecule has 1 saturated heterocycles. The van der Waals surface area contributed by atoms with Crippen LogP contribution in [0.5, 0.6) is 0 Å². The van der Waals surface area contributed by atoms with Crippen molar-refractivity contribution >= 4 is 17.7 Å². The molecule has 1 aliphatic heterocycles. The van der Waals surface area contributed by atoms with Crippen molar-refractivity contribution in [3.05, 3.63) is 35.4 Å². The van der Waals surface area contributed by atoms with Crippen LogP contribution in [0.4, 0.5) is 0 Å². The maximum absolute atomic E-state index is 12.3. The molecule has 1 fully saturated rings.